The first-order chi connectivity index (χ1) is 15.2. The van der Waals surface area contributed by atoms with Crippen LogP contribution in [0.5, 0.6) is 5.75 Å². The van der Waals surface area contributed by atoms with Crippen LogP contribution in [0.1, 0.15) is 24.5 Å². The van der Waals surface area contributed by atoms with Crippen LogP contribution in [0.3, 0.4) is 0 Å². The molecule has 7 heteroatoms. The minimum absolute atomic E-state index is 0.00306. The predicted octanol–water partition coefficient (Wildman–Crippen LogP) is 4.05. The molecule has 1 aromatic carbocycles. The van der Waals surface area contributed by atoms with Crippen LogP contribution in [0.2, 0.25) is 0 Å². The summed E-state index contributed by atoms with van der Waals surface area (Å²) in [5.41, 5.74) is 1.87. The van der Waals surface area contributed by atoms with E-state index >= 15 is 0 Å². The molecule has 0 atom stereocenters. The number of hydrogen-bond acceptors (Lipinski definition) is 6. The first-order valence-electron chi connectivity index (χ1n) is 10.5. The van der Waals surface area contributed by atoms with E-state index in [1.54, 1.807) is 13.3 Å². The number of pyridine rings is 2. The Kier molecular flexibility index (Phi) is 6.74. The molecule has 0 saturated carbocycles. The largest absolute Gasteiger partial charge is 0.497 e. The lowest BCUT2D eigenvalue weighted by Gasteiger charge is -2.31. The Morgan fingerprint density at radius 2 is 1.81 bits per heavy atom. The third-order valence-corrected chi connectivity index (χ3v) is 5.44. The Labute approximate surface area is 182 Å². The first-order valence-corrected chi connectivity index (χ1v) is 10.5. The number of rotatable bonds is 7. The Morgan fingerprint density at radius 3 is 2.52 bits per heavy atom. The quantitative estimate of drug-likeness (QED) is 0.604. The molecular formula is C24H27N5O2. The normalized spacial score (nSPS) is 14.7. The molecular weight excluding hydrogens is 390 g/mol. The lowest BCUT2D eigenvalue weighted by molar-refractivity contribution is -0.117. The standard InChI is InChI=1S/C24H27N5O2/c1-31-20-10-8-19(9-11-20)26-24(30)17-29-15-12-18(13-16-29)21-5-4-7-23(27-21)28-22-6-2-3-14-25-22/h2-11,14,18H,12-13,15-17H2,1H3,(H,26,30)(H,25,27,28). The van der Waals surface area contributed by atoms with E-state index in [0.29, 0.717) is 12.5 Å². The minimum Gasteiger partial charge on any atom is -0.497 e. The van der Waals surface area contributed by atoms with E-state index in [1.165, 1.54) is 0 Å². The van der Waals surface area contributed by atoms with Crippen LogP contribution in [0, 0.1) is 0 Å². The van der Waals surface area contributed by atoms with Crippen molar-refractivity contribution in [3.05, 3.63) is 72.6 Å². The first kappa shape index (κ1) is 20.8. The zero-order valence-corrected chi connectivity index (χ0v) is 17.6. The van der Waals surface area contributed by atoms with Crippen molar-refractivity contribution in [1.82, 2.24) is 14.9 Å². The third kappa shape index (κ3) is 5.79. The van der Waals surface area contributed by atoms with Gasteiger partial charge < -0.3 is 15.4 Å². The summed E-state index contributed by atoms with van der Waals surface area (Å²) in [6.45, 7) is 2.15. The highest BCUT2D eigenvalue weighted by Gasteiger charge is 2.23. The average Bonchev–Trinajstić information content (AvgIpc) is 2.81. The van der Waals surface area contributed by atoms with E-state index in [9.17, 15) is 4.79 Å². The molecule has 1 fully saturated rings. The maximum Gasteiger partial charge on any atom is 0.238 e. The van der Waals surface area contributed by atoms with Crippen molar-refractivity contribution in [3.63, 3.8) is 0 Å². The lowest BCUT2D eigenvalue weighted by Crippen LogP contribution is -2.38. The number of piperidine rings is 1. The molecule has 0 aliphatic carbocycles. The van der Waals surface area contributed by atoms with Crippen LogP contribution in [0.25, 0.3) is 0 Å². The monoisotopic (exact) mass is 417 g/mol. The second-order valence-electron chi connectivity index (χ2n) is 7.61. The fourth-order valence-electron chi connectivity index (χ4n) is 3.78. The summed E-state index contributed by atoms with van der Waals surface area (Å²) in [5.74, 6) is 2.75. The molecule has 1 aliphatic rings. The summed E-state index contributed by atoms with van der Waals surface area (Å²) >= 11 is 0. The van der Waals surface area contributed by atoms with Gasteiger partial charge in [0.2, 0.25) is 5.91 Å². The van der Waals surface area contributed by atoms with Crippen LogP contribution < -0.4 is 15.4 Å². The fraction of sp³-hybridized carbons (Fsp3) is 0.292. The van der Waals surface area contributed by atoms with Gasteiger partial charge in [-0.15, -0.1) is 0 Å². The SMILES string of the molecule is COc1ccc(NC(=O)CN2CCC(c3cccc(Nc4ccccn4)n3)CC2)cc1. The molecule has 1 amide bonds. The van der Waals surface area contributed by atoms with E-state index in [1.807, 2.05) is 54.6 Å². The van der Waals surface area contributed by atoms with Gasteiger partial charge in [-0.25, -0.2) is 9.97 Å². The molecule has 1 aliphatic heterocycles. The number of nitrogens with zero attached hydrogens (tertiary/aromatic N) is 3. The van der Waals surface area contributed by atoms with Crippen LogP contribution in [-0.2, 0) is 4.79 Å². The smallest absolute Gasteiger partial charge is 0.238 e. The molecule has 0 spiro atoms. The lowest BCUT2D eigenvalue weighted by atomic mass is 9.93. The number of ether oxygens (including phenoxy) is 1. The predicted molar refractivity (Wildman–Crippen MR) is 122 cm³/mol. The van der Waals surface area contributed by atoms with Gasteiger partial charge in [-0.1, -0.05) is 12.1 Å². The maximum atomic E-state index is 12.4. The number of methoxy groups -OCH3 is 1. The molecule has 4 rings (SSSR count). The number of amides is 1. The Balaban J connectivity index is 1.27. The summed E-state index contributed by atoms with van der Waals surface area (Å²) in [7, 11) is 1.62. The number of carbonyl (C=O) groups excluding carboxylic acids is 1. The molecule has 3 heterocycles. The zero-order valence-electron chi connectivity index (χ0n) is 17.6. The van der Waals surface area contributed by atoms with Gasteiger partial charge in [0, 0.05) is 23.5 Å². The van der Waals surface area contributed by atoms with E-state index in [4.69, 9.17) is 9.72 Å². The highest BCUT2D eigenvalue weighted by atomic mass is 16.5. The number of carbonyl (C=O) groups is 1. The number of nitrogens with one attached hydrogen (secondary N) is 2. The average molecular weight is 418 g/mol. The topological polar surface area (TPSA) is 79.4 Å². The fourth-order valence-corrected chi connectivity index (χ4v) is 3.78. The molecule has 160 valence electrons. The maximum absolute atomic E-state index is 12.4. The number of benzene rings is 1. The molecule has 2 aromatic heterocycles. The molecule has 31 heavy (non-hydrogen) atoms. The highest BCUT2D eigenvalue weighted by Crippen LogP contribution is 2.28. The second kappa shape index (κ2) is 10.0. The van der Waals surface area contributed by atoms with E-state index in [-0.39, 0.29) is 5.91 Å². The summed E-state index contributed by atoms with van der Waals surface area (Å²) in [6, 6.07) is 19.2. The van der Waals surface area contributed by atoms with Crippen LogP contribution in [0.4, 0.5) is 17.3 Å². The summed E-state index contributed by atoms with van der Waals surface area (Å²) < 4.78 is 5.15. The number of hydrogen-bond donors (Lipinski definition) is 2. The van der Waals surface area contributed by atoms with Gasteiger partial charge in [0.15, 0.2) is 0 Å². The van der Waals surface area contributed by atoms with Gasteiger partial charge in [-0.05, 0) is 74.5 Å². The zero-order chi connectivity index (χ0) is 21.5. The van der Waals surface area contributed by atoms with Gasteiger partial charge in [-0.2, -0.15) is 0 Å². The summed E-state index contributed by atoms with van der Waals surface area (Å²) in [6.07, 6.45) is 3.72. The van der Waals surface area contributed by atoms with Gasteiger partial charge >= 0.3 is 0 Å². The van der Waals surface area contributed by atoms with Crippen molar-refractivity contribution >= 4 is 23.2 Å². The van der Waals surface area contributed by atoms with Crippen molar-refractivity contribution in [2.45, 2.75) is 18.8 Å². The van der Waals surface area contributed by atoms with Crippen molar-refractivity contribution in [2.75, 3.05) is 37.4 Å². The van der Waals surface area contributed by atoms with E-state index in [0.717, 1.165) is 54.7 Å². The Bertz CT molecular complexity index is 986. The summed E-state index contributed by atoms with van der Waals surface area (Å²) in [5, 5.41) is 6.21. The van der Waals surface area contributed by atoms with Crippen molar-refractivity contribution in [2.24, 2.45) is 0 Å². The van der Waals surface area contributed by atoms with Crippen LogP contribution >= 0.6 is 0 Å². The minimum atomic E-state index is 0.00306. The van der Waals surface area contributed by atoms with Crippen molar-refractivity contribution in [1.29, 1.82) is 0 Å². The Hall–Kier alpha value is -3.45. The van der Waals surface area contributed by atoms with Crippen molar-refractivity contribution in [3.8, 4) is 5.75 Å². The second-order valence-corrected chi connectivity index (χ2v) is 7.61. The van der Waals surface area contributed by atoms with Gasteiger partial charge in [0.25, 0.3) is 0 Å². The van der Waals surface area contributed by atoms with Gasteiger partial charge in [0.05, 0.1) is 13.7 Å². The summed E-state index contributed by atoms with van der Waals surface area (Å²) in [4.78, 5) is 23.7. The van der Waals surface area contributed by atoms with Gasteiger partial charge in [0.1, 0.15) is 17.4 Å². The third-order valence-electron chi connectivity index (χ3n) is 5.44. The molecule has 2 N–H and O–H groups in total. The molecule has 7 nitrogen and oxygen atoms in total. The van der Waals surface area contributed by atoms with Gasteiger partial charge in [-0.3, -0.25) is 9.69 Å². The molecule has 1 saturated heterocycles. The molecule has 0 radical (unpaired) electrons. The van der Waals surface area contributed by atoms with Crippen molar-refractivity contribution < 1.29 is 9.53 Å². The number of aromatic nitrogens is 2. The molecule has 0 bridgehead atoms. The molecule has 3 aromatic rings. The van der Waals surface area contributed by atoms with E-state index in [2.05, 4.69) is 26.6 Å². The van der Waals surface area contributed by atoms with Crippen LogP contribution in [-0.4, -0.2) is 47.5 Å². The number of anilines is 3. The molecule has 0 unspecified atom stereocenters. The van der Waals surface area contributed by atoms with Crippen LogP contribution in [0.15, 0.2) is 66.9 Å². The van der Waals surface area contributed by atoms with E-state index < -0.39 is 0 Å². The number of likely N-dealkylation sites (tertiary alicyclic amines) is 1. The highest BCUT2D eigenvalue weighted by molar-refractivity contribution is 5.92. The Morgan fingerprint density at radius 1 is 1.03 bits per heavy atom.